The van der Waals surface area contributed by atoms with E-state index in [2.05, 4.69) is 125 Å². The lowest BCUT2D eigenvalue weighted by molar-refractivity contribution is 0.671. The lowest BCUT2D eigenvalue weighted by atomic mass is 9.97. The smallest absolute Gasteiger partial charge is 0.180 e. The van der Waals surface area contributed by atoms with Crippen molar-refractivity contribution >= 4 is 64.4 Å². The Kier molecular flexibility index (Phi) is 5.07. The highest BCUT2D eigenvalue weighted by atomic mass is 32.1. The van der Waals surface area contributed by atoms with Crippen LogP contribution in [0.1, 0.15) is 0 Å². The van der Waals surface area contributed by atoms with Gasteiger partial charge in [0.1, 0.15) is 23.1 Å². The summed E-state index contributed by atoms with van der Waals surface area (Å²) < 4.78 is 9.15. The van der Waals surface area contributed by atoms with Gasteiger partial charge in [0, 0.05) is 36.5 Å². The molecule has 0 aliphatic rings. The third-order valence-corrected chi connectivity index (χ3v) is 9.43. The maximum atomic E-state index is 6.49. The van der Waals surface area contributed by atoms with E-state index in [1.807, 2.05) is 23.5 Å². The molecular weight excluding hydrogens is 532 g/mol. The first-order chi connectivity index (χ1) is 20.8. The topological polar surface area (TPSA) is 38.9 Å². The molecule has 0 unspecified atom stereocenters. The Balaban J connectivity index is 1.13. The zero-order valence-electron chi connectivity index (χ0n) is 22.4. The molecule has 0 amide bonds. The highest BCUT2D eigenvalue weighted by Gasteiger charge is 2.17. The molecule has 6 aromatic carbocycles. The van der Waals surface area contributed by atoms with Crippen molar-refractivity contribution in [2.24, 2.45) is 0 Å². The summed E-state index contributed by atoms with van der Waals surface area (Å²) in [7, 11) is 0. The SMILES string of the molecule is c1cc(-c2ccc(-c3cccc4c3sc3ccccc34)cc2)cc(-c2ncnc3c2oc2c4ccccc4ccc32)c1. The molecule has 0 aliphatic heterocycles. The Labute approximate surface area is 245 Å². The van der Waals surface area contributed by atoms with Crippen molar-refractivity contribution in [3.8, 4) is 33.5 Å². The molecule has 0 saturated carbocycles. The molecule has 3 nitrogen and oxygen atoms in total. The number of hydrogen-bond donors (Lipinski definition) is 0. The first-order valence-corrected chi connectivity index (χ1v) is 14.8. The number of fused-ring (bicyclic) bond motifs is 8. The van der Waals surface area contributed by atoms with Crippen LogP contribution in [0.5, 0.6) is 0 Å². The predicted octanol–water partition coefficient (Wildman–Crippen LogP) is 10.9. The molecule has 0 aliphatic carbocycles. The second-order valence-electron chi connectivity index (χ2n) is 10.6. The number of rotatable bonds is 3. The molecule has 196 valence electrons. The lowest BCUT2D eigenvalue weighted by Crippen LogP contribution is -1.88. The van der Waals surface area contributed by atoms with Crippen LogP contribution < -0.4 is 0 Å². The van der Waals surface area contributed by atoms with Crippen molar-refractivity contribution in [1.29, 1.82) is 0 Å². The Morgan fingerprint density at radius 2 is 1.26 bits per heavy atom. The fraction of sp³-hybridized carbons (Fsp3) is 0. The standard InChI is InChI=1S/C38H22N2OS/c1-2-10-28-24(7-1)19-20-32-35-37(41-36(28)32)34(39-22-40-35)27-9-5-8-26(21-27)23-15-17-25(18-16-23)29-12-6-13-31-30-11-3-4-14-33(30)42-38(29)31/h1-22H. The molecule has 0 fully saturated rings. The second-order valence-corrected chi connectivity index (χ2v) is 11.7. The maximum absolute atomic E-state index is 6.49. The summed E-state index contributed by atoms with van der Waals surface area (Å²) in [5, 5.41) is 5.88. The van der Waals surface area contributed by atoms with Gasteiger partial charge in [0.05, 0.1) is 0 Å². The van der Waals surface area contributed by atoms with Gasteiger partial charge in [-0.3, -0.25) is 0 Å². The molecular formula is C38H22N2OS. The van der Waals surface area contributed by atoms with Crippen molar-refractivity contribution in [3.05, 3.63) is 134 Å². The minimum absolute atomic E-state index is 0.716. The Morgan fingerprint density at radius 3 is 2.19 bits per heavy atom. The molecule has 4 heteroatoms. The van der Waals surface area contributed by atoms with Crippen molar-refractivity contribution in [2.75, 3.05) is 0 Å². The molecule has 3 aromatic heterocycles. The summed E-state index contributed by atoms with van der Waals surface area (Å²) in [4.78, 5) is 9.30. The molecule has 42 heavy (non-hydrogen) atoms. The number of thiophene rings is 1. The minimum Gasteiger partial charge on any atom is -0.451 e. The highest BCUT2D eigenvalue weighted by molar-refractivity contribution is 7.26. The zero-order chi connectivity index (χ0) is 27.6. The summed E-state index contributed by atoms with van der Waals surface area (Å²) >= 11 is 1.87. The number of nitrogens with zero attached hydrogens (tertiary/aromatic N) is 2. The number of hydrogen-bond acceptors (Lipinski definition) is 4. The third-order valence-electron chi connectivity index (χ3n) is 8.21. The third kappa shape index (κ3) is 3.52. The summed E-state index contributed by atoms with van der Waals surface area (Å²) in [6.07, 6.45) is 1.64. The first kappa shape index (κ1) is 23.4. The van der Waals surface area contributed by atoms with Gasteiger partial charge in [0.2, 0.25) is 0 Å². The second kappa shape index (κ2) is 9.10. The molecule has 0 atom stereocenters. The Morgan fingerprint density at radius 1 is 0.500 bits per heavy atom. The van der Waals surface area contributed by atoms with Crippen molar-refractivity contribution < 1.29 is 4.42 Å². The van der Waals surface area contributed by atoms with Crippen molar-refractivity contribution in [1.82, 2.24) is 9.97 Å². The van der Waals surface area contributed by atoms with Crippen LogP contribution in [-0.4, -0.2) is 9.97 Å². The van der Waals surface area contributed by atoms with Crippen molar-refractivity contribution in [2.45, 2.75) is 0 Å². The number of aromatic nitrogens is 2. The van der Waals surface area contributed by atoms with Crippen LogP contribution >= 0.6 is 11.3 Å². The van der Waals surface area contributed by atoms with Crippen LogP contribution in [0.25, 0.3) is 86.5 Å². The van der Waals surface area contributed by atoms with E-state index in [1.54, 1.807) is 6.33 Å². The highest BCUT2D eigenvalue weighted by Crippen LogP contribution is 2.41. The quantitative estimate of drug-likeness (QED) is 0.218. The molecule has 0 N–H and O–H groups in total. The van der Waals surface area contributed by atoms with Gasteiger partial charge in [-0.05, 0) is 45.8 Å². The zero-order valence-corrected chi connectivity index (χ0v) is 23.2. The number of benzene rings is 6. The van der Waals surface area contributed by atoms with Crippen LogP contribution in [0, 0.1) is 0 Å². The molecule has 0 spiro atoms. The summed E-state index contributed by atoms with van der Waals surface area (Å²) in [6.45, 7) is 0. The molecule has 3 heterocycles. The van der Waals surface area contributed by atoms with Gasteiger partial charge in [0.25, 0.3) is 0 Å². The molecule has 9 rings (SSSR count). The Hall–Kier alpha value is -5.32. The van der Waals surface area contributed by atoms with Gasteiger partial charge >= 0.3 is 0 Å². The van der Waals surface area contributed by atoms with Crippen molar-refractivity contribution in [3.63, 3.8) is 0 Å². The van der Waals surface area contributed by atoms with Gasteiger partial charge in [-0.1, -0.05) is 109 Å². The van der Waals surface area contributed by atoms with E-state index in [-0.39, 0.29) is 0 Å². The molecule has 9 aromatic rings. The van der Waals surface area contributed by atoms with Crippen LogP contribution in [0.4, 0.5) is 0 Å². The summed E-state index contributed by atoms with van der Waals surface area (Å²) in [5.74, 6) is 0. The largest absolute Gasteiger partial charge is 0.451 e. The van der Waals surface area contributed by atoms with E-state index in [4.69, 9.17) is 4.42 Å². The van der Waals surface area contributed by atoms with Crippen LogP contribution in [0.2, 0.25) is 0 Å². The fourth-order valence-corrected chi connectivity index (χ4v) is 7.41. The summed E-state index contributed by atoms with van der Waals surface area (Å²) in [5.41, 5.74) is 8.99. The van der Waals surface area contributed by atoms with E-state index in [0.717, 1.165) is 49.6 Å². The maximum Gasteiger partial charge on any atom is 0.180 e. The summed E-state index contributed by atoms with van der Waals surface area (Å²) in [6, 6.07) is 45.2. The van der Waals surface area contributed by atoms with Gasteiger partial charge in [-0.2, -0.15) is 0 Å². The Bertz CT molecular complexity index is 2470. The molecule has 0 radical (unpaired) electrons. The van der Waals surface area contributed by atoms with Gasteiger partial charge < -0.3 is 4.42 Å². The fourth-order valence-electron chi connectivity index (χ4n) is 6.17. The molecule has 0 saturated heterocycles. The minimum atomic E-state index is 0.716. The normalized spacial score (nSPS) is 11.8. The average Bonchev–Trinajstić information content (AvgIpc) is 3.64. The lowest BCUT2D eigenvalue weighted by Gasteiger charge is -2.08. The van der Waals surface area contributed by atoms with Crippen LogP contribution in [0.15, 0.2) is 138 Å². The number of furan rings is 1. The van der Waals surface area contributed by atoms with Crippen LogP contribution in [0.3, 0.4) is 0 Å². The van der Waals surface area contributed by atoms with Gasteiger partial charge in [0.15, 0.2) is 5.58 Å². The monoisotopic (exact) mass is 554 g/mol. The predicted molar refractivity (Wildman–Crippen MR) is 176 cm³/mol. The van der Waals surface area contributed by atoms with E-state index >= 15 is 0 Å². The van der Waals surface area contributed by atoms with E-state index < -0.39 is 0 Å². The first-order valence-electron chi connectivity index (χ1n) is 14.0. The average molecular weight is 555 g/mol. The van der Waals surface area contributed by atoms with E-state index in [9.17, 15) is 0 Å². The van der Waals surface area contributed by atoms with Gasteiger partial charge in [-0.15, -0.1) is 11.3 Å². The van der Waals surface area contributed by atoms with E-state index in [0.29, 0.717) is 5.58 Å². The van der Waals surface area contributed by atoms with Crippen LogP contribution in [-0.2, 0) is 0 Å². The van der Waals surface area contributed by atoms with E-state index in [1.165, 1.54) is 31.3 Å². The molecule has 0 bridgehead atoms. The van der Waals surface area contributed by atoms with Gasteiger partial charge in [-0.25, -0.2) is 9.97 Å².